The molecule has 10 nitrogen and oxygen atoms in total. The Hall–Kier alpha value is -4.47. The second-order valence-electron chi connectivity index (χ2n) is 7.07. The number of nitro benzene ring substituents is 1. The van der Waals surface area contributed by atoms with Crippen LogP contribution in [0.4, 0.5) is 5.69 Å². The standard InChI is InChI=1S/C23H22N4O6/c1-15-6-8-16(9-7-15)14-26-10-4-5-18(23(26)29)22(28)25-24-13-17-11-19(27(30)31)21(33-3)20(12-17)32-2/h4-13H,14H2,1-3H3,(H,25,28)/b24-13-. The quantitative estimate of drug-likeness (QED) is 0.320. The fourth-order valence-corrected chi connectivity index (χ4v) is 3.13. The number of nitrogens with one attached hydrogen (secondary N) is 1. The van der Waals surface area contributed by atoms with Gasteiger partial charge in [-0.3, -0.25) is 19.7 Å². The smallest absolute Gasteiger partial charge is 0.315 e. The van der Waals surface area contributed by atoms with E-state index in [1.807, 2.05) is 31.2 Å². The Morgan fingerprint density at radius 3 is 2.55 bits per heavy atom. The summed E-state index contributed by atoms with van der Waals surface area (Å²) in [5.41, 5.74) is 3.74. The molecule has 0 spiro atoms. The Bertz CT molecular complexity index is 1260. The van der Waals surface area contributed by atoms with Crippen LogP contribution in [0, 0.1) is 17.0 Å². The van der Waals surface area contributed by atoms with Gasteiger partial charge in [0, 0.05) is 17.8 Å². The van der Waals surface area contributed by atoms with E-state index >= 15 is 0 Å². The number of pyridine rings is 1. The molecular weight excluding hydrogens is 428 g/mol. The third-order valence-electron chi connectivity index (χ3n) is 4.80. The SMILES string of the molecule is COc1cc(/C=N\NC(=O)c2cccn(Cc3ccc(C)cc3)c2=O)cc([N+](=O)[O-])c1OC. The largest absolute Gasteiger partial charge is 0.493 e. The van der Waals surface area contributed by atoms with Gasteiger partial charge in [-0.2, -0.15) is 5.10 Å². The Balaban J connectivity index is 1.78. The zero-order valence-corrected chi connectivity index (χ0v) is 18.3. The number of ether oxygens (including phenoxy) is 2. The maximum atomic E-state index is 12.7. The van der Waals surface area contributed by atoms with E-state index in [9.17, 15) is 19.7 Å². The lowest BCUT2D eigenvalue weighted by atomic mass is 10.1. The minimum atomic E-state index is -0.704. The third kappa shape index (κ3) is 5.42. The van der Waals surface area contributed by atoms with Gasteiger partial charge in [-0.15, -0.1) is 0 Å². The second kappa shape index (κ2) is 10.2. The number of nitro groups is 1. The molecule has 0 aliphatic carbocycles. The number of amides is 1. The molecule has 0 aliphatic heterocycles. The van der Waals surface area contributed by atoms with Gasteiger partial charge in [-0.1, -0.05) is 29.8 Å². The van der Waals surface area contributed by atoms with Crippen molar-refractivity contribution in [2.45, 2.75) is 13.5 Å². The first-order chi connectivity index (χ1) is 15.8. The van der Waals surface area contributed by atoms with Crippen molar-refractivity contribution in [2.24, 2.45) is 5.10 Å². The fourth-order valence-electron chi connectivity index (χ4n) is 3.13. The zero-order valence-electron chi connectivity index (χ0n) is 18.3. The lowest BCUT2D eigenvalue weighted by Gasteiger charge is -2.09. The fraction of sp³-hybridized carbons (Fsp3) is 0.174. The van der Waals surface area contributed by atoms with Crippen LogP contribution in [-0.4, -0.2) is 35.8 Å². The highest BCUT2D eigenvalue weighted by Crippen LogP contribution is 2.37. The van der Waals surface area contributed by atoms with Crippen LogP contribution in [0.5, 0.6) is 11.5 Å². The molecule has 0 aliphatic rings. The summed E-state index contributed by atoms with van der Waals surface area (Å²) in [6, 6.07) is 13.4. The maximum Gasteiger partial charge on any atom is 0.315 e. The van der Waals surface area contributed by atoms with Crippen molar-refractivity contribution in [1.29, 1.82) is 0 Å². The highest BCUT2D eigenvalue weighted by Gasteiger charge is 2.21. The molecule has 0 atom stereocenters. The van der Waals surface area contributed by atoms with Crippen LogP contribution in [0.15, 0.2) is 64.6 Å². The number of methoxy groups -OCH3 is 2. The average Bonchev–Trinajstić information content (AvgIpc) is 2.81. The number of carbonyl (C=O) groups excluding carboxylic acids is 1. The minimum absolute atomic E-state index is 0.0258. The number of nitrogens with zero attached hydrogens (tertiary/aromatic N) is 3. The van der Waals surface area contributed by atoms with Crippen molar-refractivity contribution in [2.75, 3.05) is 14.2 Å². The van der Waals surface area contributed by atoms with Gasteiger partial charge >= 0.3 is 5.69 Å². The summed E-state index contributed by atoms with van der Waals surface area (Å²) < 4.78 is 11.6. The first kappa shape index (κ1) is 23.2. The minimum Gasteiger partial charge on any atom is -0.493 e. The molecule has 1 aromatic heterocycles. The van der Waals surface area contributed by atoms with Crippen molar-refractivity contribution >= 4 is 17.8 Å². The van der Waals surface area contributed by atoms with E-state index in [1.165, 1.54) is 43.2 Å². The molecule has 3 aromatic rings. The lowest BCUT2D eigenvalue weighted by Crippen LogP contribution is -2.30. The molecule has 0 fully saturated rings. The van der Waals surface area contributed by atoms with Gasteiger partial charge in [0.2, 0.25) is 5.75 Å². The van der Waals surface area contributed by atoms with Gasteiger partial charge in [-0.25, -0.2) is 5.43 Å². The van der Waals surface area contributed by atoms with E-state index in [2.05, 4.69) is 10.5 Å². The molecule has 0 saturated carbocycles. The van der Waals surface area contributed by atoms with Crippen molar-refractivity contribution in [3.8, 4) is 11.5 Å². The molecule has 0 saturated heterocycles. The van der Waals surface area contributed by atoms with Gasteiger partial charge in [0.05, 0.1) is 31.9 Å². The monoisotopic (exact) mass is 450 g/mol. The first-order valence-corrected chi connectivity index (χ1v) is 9.83. The topological polar surface area (TPSA) is 125 Å². The molecule has 3 rings (SSSR count). The number of aryl methyl sites for hydroxylation is 1. The molecule has 1 amide bonds. The second-order valence-corrected chi connectivity index (χ2v) is 7.07. The van der Waals surface area contributed by atoms with E-state index in [0.717, 1.165) is 11.1 Å². The third-order valence-corrected chi connectivity index (χ3v) is 4.80. The van der Waals surface area contributed by atoms with Crippen molar-refractivity contribution in [3.63, 3.8) is 0 Å². The van der Waals surface area contributed by atoms with Crippen LogP contribution in [0.1, 0.15) is 27.0 Å². The van der Waals surface area contributed by atoms with Gasteiger partial charge in [0.25, 0.3) is 11.5 Å². The van der Waals surface area contributed by atoms with Crippen molar-refractivity contribution < 1.29 is 19.2 Å². The normalized spacial score (nSPS) is 10.8. The number of hydrazone groups is 1. The molecule has 33 heavy (non-hydrogen) atoms. The Morgan fingerprint density at radius 1 is 1.18 bits per heavy atom. The van der Waals surface area contributed by atoms with Gasteiger partial charge in [0.1, 0.15) is 5.56 Å². The number of carbonyl (C=O) groups is 1. The van der Waals surface area contributed by atoms with Crippen LogP contribution in [0.25, 0.3) is 0 Å². The summed E-state index contributed by atoms with van der Waals surface area (Å²) in [5, 5.41) is 15.1. The number of benzene rings is 2. The zero-order chi connectivity index (χ0) is 24.0. The molecule has 10 heteroatoms. The summed E-state index contributed by atoms with van der Waals surface area (Å²) >= 11 is 0. The van der Waals surface area contributed by atoms with Crippen LogP contribution < -0.4 is 20.5 Å². The van der Waals surface area contributed by atoms with Gasteiger partial charge in [-0.05, 0) is 30.7 Å². The average molecular weight is 450 g/mol. The van der Waals surface area contributed by atoms with E-state index in [0.29, 0.717) is 12.1 Å². The van der Waals surface area contributed by atoms with Crippen LogP contribution >= 0.6 is 0 Å². The Labute approximate surface area is 189 Å². The summed E-state index contributed by atoms with van der Waals surface area (Å²) in [4.78, 5) is 35.9. The molecule has 170 valence electrons. The highest BCUT2D eigenvalue weighted by atomic mass is 16.6. The number of aromatic nitrogens is 1. The molecule has 1 N–H and O–H groups in total. The van der Waals surface area contributed by atoms with E-state index in [4.69, 9.17) is 9.47 Å². The van der Waals surface area contributed by atoms with Gasteiger partial charge < -0.3 is 14.0 Å². The molecular formula is C23H22N4O6. The summed E-state index contributed by atoms with van der Waals surface area (Å²) in [6.45, 7) is 2.29. The van der Waals surface area contributed by atoms with Gasteiger partial charge in [0.15, 0.2) is 5.75 Å². The highest BCUT2D eigenvalue weighted by molar-refractivity contribution is 5.94. The lowest BCUT2D eigenvalue weighted by molar-refractivity contribution is -0.385. The molecule has 1 heterocycles. The van der Waals surface area contributed by atoms with E-state index in [-0.39, 0.29) is 22.7 Å². The molecule has 0 radical (unpaired) electrons. The van der Waals surface area contributed by atoms with E-state index in [1.54, 1.807) is 12.3 Å². The predicted octanol–water partition coefficient (Wildman–Crippen LogP) is 2.89. The summed E-state index contributed by atoms with van der Waals surface area (Å²) in [6.07, 6.45) is 2.81. The van der Waals surface area contributed by atoms with E-state index < -0.39 is 16.4 Å². The number of hydrogen-bond acceptors (Lipinski definition) is 7. The van der Waals surface area contributed by atoms with Crippen molar-refractivity contribution in [3.05, 3.63) is 97.4 Å². The number of hydrogen-bond donors (Lipinski definition) is 1. The Kier molecular flexibility index (Phi) is 7.19. The van der Waals surface area contributed by atoms with Crippen LogP contribution in [0.3, 0.4) is 0 Å². The Morgan fingerprint density at radius 2 is 1.91 bits per heavy atom. The molecule has 2 aromatic carbocycles. The van der Waals surface area contributed by atoms with Crippen LogP contribution in [-0.2, 0) is 6.54 Å². The molecule has 0 unspecified atom stereocenters. The number of rotatable bonds is 8. The summed E-state index contributed by atoms with van der Waals surface area (Å²) in [5.74, 6) is -0.590. The van der Waals surface area contributed by atoms with Crippen molar-refractivity contribution in [1.82, 2.24) is 9.99 Å². The first-order valence-electron chi connectivity index (χ1n) is 9.83. The van der Waals surface area contributed by atoms with Crippen LogP contribution in [0.2, 0.25) is 0 Å². The predicted molar refractivity (Wildman–Crippen MR) is 122 cm³/mol. The maximum absolute atomic E-state index is 12.7. The molecule has 0 bridgehead atoms. The summed E-state index contributed by atoms with van der Waals surface area (Å²) in [7, 11) is 2.64.